The number of carbonyl (C=O) groups excluding carboxylic acids is 2. The molecule has 2 aromatic rings. The molecule has 0 radical (unpaired) electrons. The summed E-state index contributed by atoms with van der Waals surface area (Å²) >= 11 is 0. The molecule has 3 rings (SSSR count). The lowest BCUT2D eigenvalue weighted by molar-refractivity contribution is -0.119. The number of hydrogen-bond acceptors (Lipinski definition) is 4. The summed E-state index contributed by atoms with van der Waals surface area (Å²) in [4.78, 5) is 24.9. The van der Waals surface area contributed by atoms with E-state index >= 15 is 0 Å². The van der Waals surface area contributed by atoms with Gasteiger partial charge in [-0.15, -0.1) is 0 Å². The molecule has 2 amide bonds. The van der Waals surface area contributed by atoms with Crippen LogP contribution in [0.25, 0.3) is 0 Å². The molecule has 7 heteroatoms. The molecule has 1 aliphatic heterocycles. The molecular formula is C20H22N2O4S. The summed E-state index contributed by atoms with van der Waals surface area (Å²) < 4.78 is 25.4. The molecule has 0 spiro atoms. The van der Waals surface area contributed by atoms with Crippen molar-refractivity contribution in [1.29, 1.82) is 0 Å². The molecule has 6 nitrogen and oxygen atoms in total. The van der Waals surface area contributed by atoms with Gasteiger partial charge in [-0.3, -0.25) is 9.59 Å². The Bertz CT molecular complexity index is 1010. The molecule has 0 aromatic heterocycles. The number of aryl methyl sites for hydroxylation is 2. The topological polar surface area (TPSA) is 83.6 Å². The fourth-order valence-electron chi connectivity index (χ4n) is 3.08. The van der Waals surface area contributed by atoms with Crippen LogP contribution in [0.1, 0.15) is 35.3 Å². The van der Waals surface area contributed by atoms with Crippen LogP contribution in [0.5, 0.6) is 0 Å². The van der Waals surface area contributed by atoms with Crippen molar-refractivity contribution in [2.75, 3.05) is 15.4 Å². The number of rotatable bonds is 4. The molecule has 1 unspecified atom stereocenters. The predicted molar refractivity (Wildman–Crippen MR) is 105 cm³/mol. The van der Waals surface area contributed by atoms with Crippen molar-refractivity contribution in [3.05, 3.63) is 59.2 Å². The van der Waals surface area contributed by atoms with Crippen molar-refractivity contribution in [2.24, 2.45) is 5.92 Å². The van der Waals surface area contributed by atoms with Crippen molar-refractivity contribution in [3.63, 3.8) is 0 Å². The SMILES string of the molecule is CCc1ccc(C)c(NC(=O)c2cccc(N3C(=O)C(C)CS3(=O)=O)c2)c1. The third kappa shape index (κ3) is 3.73. The lowest BCUT2D eigenvalue weighted by Gasteiger charge is -2.16. The molecule has 1 saturated heterocycles. The first-order valence-electron chi connectivity index (χ1n) is 8.80. The highest BCUT2D eigenvalue weighted by atomic mass is 32.2. The highest BCUT2D eigenvalue weighted by molar-refractivity contribution is 7.94. The Balaban J connectivity index is 1.90. The van der Waals surface area contributed by atoms with Crippen LogP contribution < -0.4 is 9.62 Å². The molecule has 1 N–H and O–H groups in total. The normalized spacial score (nSPS) is 18.6. The Hall–Kier alpha value is -2.67. The van der Waals surface area contributed by atoms with Crippen molar-refractivity contribution in [2.45, 2.75) is 27.2 Å². The second-order valence-electron chi connectivity index (χ2n) is 6.79. The Morgan fingerprint density at radius 1 is 1.22 bits per heavy atom. The first-order chi connectivity index (χ1) is 12.7. The average Bonchev–Trinajstić information content (AvgIpc) is 2.84. The van der Waals surface area contributed by atoms with Gasteiger partial charge in [0.1, 0.15) is 0 Å². The zero-order chi connectivity index (χ0) is 19.8. The van der Waals surface area contributed by atoms with Crippen LogP contribution in [0.2, 0.25) is 0 Å². The van der Waals surface area contributed by atoms with Crippen LogP contribution in [-0.2, 0) is 21.2 Å². The molecule has 1 heterocycles. The van der Waals surface area contributed by atoms with E-state index in [1.54, 1.807) is 19.1 Å². The van der Waals surface area contributed by atoms with E-state index in [9.17, 15) is 18.0 Å². The van der Waals surface area contributed by atoms with Crippen LogP contribution in [0.4, 0.5) is 11.4 Å². The molecule has 0 bridgehead atoms. The molecule has 0 aliphatic carbocycles. The van der Waals surface area contributed by atoms with Gasteiger partial charge < -0.3 is 5.32 Å². The molecular weight excluding hydrogens is 364 g/mol. The van der Waals surface area contributed by atoms with E-state index in [0.29, 0.717) is 5.69 Å². The highest BCUT2D eigenvalue weighted by Crippen LogP contribution is 2.29. The third-order valence-electron chi connectivity index (χ3n) is 4.66. The van der Waals surface area contributed by atoms with Gasteiger partial charge >= 0.3 is 0 Å². The maximum absolute atomic E-state index is 12.7. The van der Waals surface area contributed by atoms with Crippen LogP contribution in [0.3, 0.4) is 0 Å². The van der Waals surface area contributed by atoms with Gasteiger partial charge in [-0.05, 0) is 48.7 Å². The molecule has 0 saturated carbocycles. The van der Waals surface area contributed by atoms with E-state index in [1.165, 1.54) is 12.1 Å². The maximum Gasteiger partial charge on any atom is 0.255 e. The molecule has 1 fully saturated rings. The Labute approximate surface area is 159 Å². The highest BCUT2D eigenvalue weighted by Gasteiger charge is 2.42. The standard InChI is InChI=1S/C20H22N2O4S/c1-4-15-9-8-13(2)18(10-15)21-19(23)16-6-5-7-17(11-16)22-20(24)14(3)12-27(22,25)26/h5-11,14H,4,12H2,1-3H3,(H,21,23). The second-order valence-corrected chi connectivity index (χ2v) is 8.65. The monoisotopic (exact) mass is 386 g/mol. The van der Waals surface area contributed by atoms with Gasteiger partial charge in [-0.1, -0.05) is 32.0 Å². The van der Waals surface area contributed by atoms with E-state index in [1.807, 2.05) is 32.0 Å². The number of carbonyl (C=O) groups is 2. The number of benzene rings is 2. The van der Waals surface area contributed by atoms with Gasteiger partial charge in [0.05, 0.1) is 17.4 Å². The summed E-state index contributed by atoms with van der Waals surface area (Å²) in [6, 6.07) is 12.0. The summed E-state index contributed by atoms with van der Waals surface area (Å²) in [5, 5.41) is 2.87. The van der Waals surface area contributed by atoms with Crippen molar-refractivity contribution in [3.8, 4) is 0 Å². The molecule has 27 heavy (non-hydrogen) atoms. The minimum atomic E-state index is -3.70. The van der Waals surface area contributed by atoms with E-state index in [4.69, 9.17) is 0 Å². The summed E-state index contributed by atoms with van der Waals surface area (Å²) in [6.45, 7) is 5.52. The van der Waals surface area contributed by atoms with E-state index in [-0.39, 0.29) is 22.9 Å². The first kappa shape index (κ1) is 19.1. The van der Waals surface area contributed by atoms with E-state index in [2.05, 4.69) is 5.32 Å². The quantitative estimate of drug-likeness (QED) is 0.875. The van der Waals surface area contributed by atoms with Gasteiger partial charge in [-0.25, -0.2) is 12.7 Å². The zero-order valence-corrected chi connectivity index (χ0v) is 16.3. The molecule has 1 aliphatic rings. The van der Waals surface area contributed by atoms with Crippen LogP contribution in [0.15, 0.2) is 42.5 Å². The lowest BCUT2D eigenvalue weighted by Crippen LogP contribution is -2.30. The smallest absolute Gasteiger partial charge is 0.255 e. The van der Waals surface area contributed by atoms with E-state index in [0.717, 1.165) is 21.9 Å². The largest absolute Gasteiger partial charge is 0.322 e. The van der Waals surface area contributed by atoms with Crippen molar-refractivity contribution < 1.29 is 18.0 Å². The number of anilines is 2. The summed E-state index contributed by atoms with van der Waals surface area (Å²) in [7, 11) is -3.70. The van der Waals surface area contributed by atoms with Gasteiger partial charge in [0.2, 0.25) is 15.9 Å². The Morgan fingerprint density at radius 2 is 1.96 bits per heavy atom. The number of amides is 2. The number of sulfonamides is 1. The fraction of sp³-hybridized carbons (Fsp3) is 0.300. The number of nitrogens with zero attached hydrogens (tertiary/aromatic N) is 1. The van der Waals surface area contributed by atoms with Crippen LogP contribution in [0, 0.1) is 12.8 Å². The fourth-order valence-corrected chi connectivity index (χ4v) is 4.89. The first-order valence-corrected chi connectivity index (χ1v) is 10.4. The Kier molecular flexibility index (Phi) is 5.06. The van der Waals surface area contributed by atoms with E-state index < -0.39 is 21.8 Å². The second kappa shape index (κ2) is 7.15. The Morgan fingerprint density at radius 3 is 2.59 bits per heavy atom. The molecule has 2 aromatic carbocycles. The van der Waals surface area contributed by atoms with Crippen LogP contribution >= 0.6 is 0 Å². The number of hydrogen-bond donors (Lipinski definition) is 1. The van der Waals surface area contributed by atoms with Gasteiger partial charge in [0.15, 0.2) is 0 Å². The lowest BCUT2D eigenvalue weighted by atomic mass is 10.1. The molecule has 142 valence electrons. The predicted octanol–water partition coefficient (Wildman–Crippen LogP) is 3.12. The van der Waals surface area contributed by atoms with Gasteiger partial charge in [0, 0.05) is 11.3 Å². The van der Waals surface area contributed by atoms with Gasteiger partial charge in [-0.2, -0.15) is 0 Å². The van der Waals surface area contributed by atoms with Crippen molar-refractivity contribution >= 4 is 33.2 Å². The summed E-state index contributed by atoms with van der Waals surface area (Å²) in [6.07, 6.45) is 0.853. The minimum Gasteiger partial charge on any atom is -0.322 e. The maximum atomic E-state index is 12.7. The van der Waals surface area contributed by atoms with Crippen molar-refractivity contribution in [1.82, 2.24) is 0 Å². The average molecular weight is 386 g/mol. The number of nitrogens with one attached hydrogen (secondary N) is 1. The third-order valence-corrected chi connectivity index (χ3v) is 6.53. The zero-order valence-electron chi connectivity index (χ0n) is 15.5. The van der Waals surface area contributed by atoms with Crippen LogP contribution in [-0.4, -0.2) is 26.0 Å². The summed E-state index contributed by atoms with van der Waals surface area (Å²) in [5.74, 6) is -1.64. The summed E-state index contributed by atoms with van der Waals surface area (Å²) in [5.41, 5.74) is 3.23. The van der Waals surface area contributed by atoms with Gasteiger partial charge in [0.25, 0.3) is 5.91 Å². The minimum absolute atomic E-state index is 0.191. The molecule has 1 atom stereocenters.